The molecule has 1 atom stereocenters. The highest BCUT2D eigenvalue weighted by molar-refractivity contribution is 14.1. The zero-order valence-electron chi connectivity index (χ0n) is 9.01. The van der Waals surface area contributed by atoms with Crippen LogP contribution in [0.25, 0.3) is 0 Å². The summed E-state index contributed by atoms with van der Waals surface area (Å²) in [4.78, 5) is 0. The summed E-state index contributed by atoms with van der Waals surface area (Å²) in [6.07, 6.45) is 0. The minimum atomic E-state index is -0.152. The lowest BCUT2D eigenvalue weighted by Crippen LogP contribution is -2.26. The van der Waals surface area contributed by atoms with Crippen LogP contribution in [0.4, 0.5) is 0 Å². The molecule has 1 aromatic rings. The van der Waals surface area contributed by atoms with Crippen LogP contribution in [-0.4, -0.2) is 5.11 Å². The standard InChI is InChI=1S/C11H15I2NO/c1-11(2,3)10(14)7-4-6(12)5-8(13)9(7)15/h4-5,10,15H,14H2,1-3H3/t10-/m0/s1. The van der Waals surface area contributed by atoms with E-state index in [1.807, 2.05) is 12.1 Å². The lowest BCUT2D eigenvalue weighted by atomic mass is 9.83. The number of phenols is 1. The van der Waals surface area contributed by atoms with Crippen LogP contribution in [0.2, 0.25) is 0 Å². The Hall–Kier alpha value is 0.440. The van der Waals surface area contributed by atoms with Gasteiger partial charge < -0.3 is 10.8 Å². The van der Waals surface area contributed by atoms with Crippen LogP contribution >= 0.6 is 45.2 Å². The van der Waals surface area contributed by atoms with Gasteiger partial charge in [-0.3, -0.25) is 0 Å². The lowest BCUT2D eigenvalue weighted by molar-refractivity contribution is 0.317. The molecule has 84 valence electrons. The van der Waals surface area contributed by atoms with Crippen molar-refractivity contribution in [1.29, 1.82) is 0 Å². The highest BCUT2D eigenvalue weighted by Crippen LogP contribution is 2.38. The maximum atomic E-state index is 9.96. The molecule has 0 radical (unpaired) electrons. The average Bonchev–Trinajstić information content (AvgIpc) is 2.08. The third kappa shape index (κ3) is 3.20. The van der Waals surface area contributed by atoms with Gasteiger partial charge >= 0.3 is 0 Å². The fourth-order valence-corrected chi connectivity index (χ4v) is 3.18. The number of nitrogens with two attached hydrogens (primary N) is 1. The van der Waals surface area contributed by atoms with Gasteiger partial charge in [0.15, 0.2) is 0 Å². The number of hydrogen-bond acceptors (Lipinski definition) is 2. The Kier molecular flexibility index (Phi) is 4.27. The summed E-state index contributed by atoms with van der Waals surface area (Å²) in [5, 5.41) is 9.96. The molecule has 0 aliphatic rings. The largest absolute Gasteiger partial charge is 0.506 e. The zero-order chi connectivity index (χ0) is 11.8. The summed E-state index contributed by atoms with van der Waals surface area (Å²) in [7, 11) is 0. The minimum absolute atomic E-state index is 0.0506. The molecule has 0 aliphatic heterocycles. The predicted octanol–water partition coefficient (Wildman–Crippen LogP) is 3.65. The van der Waals surface area contributed by atoms with Gasteiger partial charge in [-0.1, -0.05) is 20.8 Å². The molecule has 15 heavy (non-hydrogen) atoms. The van der Waals surface area contributed by atoms with Crippen molar-refractivity contribution in [3.05, 3.63) is 24.8 Å². The predicted molar refractivity (Wildman–Crippen MR) is 79.9 cm³/mol. The molecular formula is C11H15I2NO. The van der Waals surface area contributed by atoms with Crippen LogP contribution in [0.1, 0.15) is 32.4 Å². The first-order valence-electron chi connectivity index (χ1n) is 4.67. The SMILES string of the molecule is CC(C)(C)[C@@H](N)c1cc(I)cc(I)c1O. The molecule has 0 bridgehead atoms. The van der Waals surface area contributed by atoms with Crippen molar-refractivity contribution in [3.8, 4) is 5.75 Å². The Labute approximate surface area is 118 Å². The van der Waals surface area contributed by atoms with Crippen molar-refractivity contribution in [2.75, 3.05) is 0 Å². The molecule has 0 heterocycles. The van der Waals surface area contributed by atoms with Gasteiger partial charge in [0.25, 0.3) is 0 Å². The van der Waals surface area contributed by atoms with Gasteiger partial charge in [-0.2, -0.15) is 0 Å². The smallest absolute Gasteiger partial charge is 0.133 e. The Morgan fingerprint density at radius 3 is 2.27 bits per heavy atom. The van der Waals surface area contributed by atoms with Gasteiger partial charge in [-0.15, -0.1) is 0 Å². The van der Waals surface area contributed by atoms with Crippen molar-refractivity contribution in [2.24, 2.45) is 11.1 Å². The first-order chi connectivity index (χ1) is 6.73. The van der Waals surface area contributed by atoms with Crippen LogP contribution in [0, 0.1) is 12.6 Å². The highest BCUT2D eigenvalue weighted by atomic mass is 127. The molecule has 0 saturated carbocycles. The van der Waals surface area contributed by atoms with E-state index in [2.05, 4.69) is 66.0 Å². The molecule has 4 heteroatoms. The Balaban J connectivity index is 3.25. The second kappa shape index (κ2) is 4.75. The molecular weight excluding hydrogens is 416 g/mol. The van der Waals surface area contributed by atoms with Gasteiger partial charge in [0.05, 0.1) is 3.57 Å². The first kappa shape index (κ1) is 13.5. The minimum Gasteiger partial charge on any atom is -0.506 e. The number of phenolic OH excluding ortho intramolecular Hbond substituents is 1. The quantitative estimate of drug-likeness (QED) is 0.668. The van der Waals surface area contributed by atoms with Crippen LogP contribution in [-0.2, 0) is 0 Å². The van der Waals surface area contributed by atoms with E-state index in [1.54, 1.807) is 0 Å². The van der Waals surface area contributed by atoms with E-state index in [0.29, 0.717) is 5.75 Å². The number of rotatable bonds is 1. The molecule has 1 rings (SSSR count). The van der Waals surface area contributed by atoms with Crippen molar-refractivity contribution in [1.82, 2.24) is 0 Å². The molecule has 3 N–H and O–H groups in total. The van der Waals surface area contributed by atoms with E-state index in [0.717, 1.165) is 12.7 Å². The number of benzene rings is 1. The third-order valence-corrected chi connectivity index (χ3v) is 3.77. The summed E-state index contributed by atoms with van der Waals surface area (Å²) >= 11 is 4.36. The first-order valence-corrected chi connectivity index (χ1v) is 6.82. The molecule has 0 amide bonds. The molecule has 0 unspecified atom stereocenters. The maximum absolute atomic E-state index is 9.96. The number of hydrogen-bond donors (Lipinski definition) is 2. The molecule has 0 aliphatic carbocycles. The summed E-state index contributed by atoms with van der Waals surface area (Å²) in [6.45, 7) is 6.22. The summed E-state index contributed by atoms with van der Waals surface area (Å²) in [5.41, 5.74) is 6.93. The number of aromatic hydroxyl groups is 1. The topological polar surface area (TPSA) is 46.2 Å². The van der Waals surface area contributed by atoms with Gasteiger partial charge in [-0.05, 0) is 62.7 Å². The van der Waals surface area contributed by atoms with E-state index in [-0.39, 0.29) is 11.5 Å². The number of halogens is 2. The monoisotopic (exact) mass is 431 g/mol. The van der Waals surface area contributed by atoms with Gasteiger partial charge in [0.2, 0.25) is 0 Å². The van der Waals surface area contributed by atoms with Gasteiger partial charge in [0.1, 0.15) is 5.75 Å². The highest BCUT2D eigenvalue weighted by Gasteiger charge is 2.25. The van der Waals surface area contributed by atoms with Crippen molar-refractivity contribution in [3.63, 3.8) is 0 Å². The van der Waals surface area contributed by atoms with Gasteiger partial charge in [0, 0.05) is 15.2 Å². The normalized spacial score (nSPS) is 14.0. The fourth-order valence-electron chi connectivity index (χ4n) is 1.29. The molecule has 0 fully saturated rings. The van der Waals surface area contributed by atoms with E-state index in [4.69, 9.17) is 5.73 Å². The zero-order valence-corrected chi connectivity index (χ0v) is 13.3. The molecule has 0 spiro atoms. The second-order valence-electron chi connectivity index (χ2n) is 4.67. The van der Waals surface area contributed by atoms with Crippen molar-refractivity contribution in [2.45, 2.75) is 26.8 Å². The van der Waals surface area contributed by atoms with Gasteiger partial charge in [-0.25, -0.2) is 0 Å². The van der Waals surface area contributed by atoms with E-state index >= 15 is 0 Å². The lowest BCUT2D eigenvalue weighted by Gasteiger charge is -2.28. The van der Waals surface area contributed by atoms with Crippen molar-refractivity contribution < 1.29 is 5.11 Å². The summed E-state index contributed by atoms with van der Waals surface area (Å²) in [6, 6.07) is 3.74. The Morgan fingerprint density at radius 2 is 1.80 bits per heavy atom. The molecule has 1 aromatic carbocycles. The molecule has 0 aromatic heterocycles. The van der Waals surface area contributed by atoms with Crippen LogP contribution in [0.5, 0.6) is 5.75 Å². The summed E-state index contributed by atoms with van der Waals surface area (Å²) in [5.74, 6) is 0.318. The van der Waals surface area contributed by atoms with Crippen LogP contribution in [0.15, 0.2) is 12.1 Å². The van der Waals surface area contributed by atoms with Crippen LogP contribution < -0.4 is 5.73 Å². The molecule has 0 saturated heterocycles. The Morgan fingerprint density at radius 1 is 1.27 bits per heavy atom. The fraction of sp³-hybridized carbons (Fsp3) is 0.455. The average molecular weight is 431 g/mol. The third-order valence-electron chi connectivity index (χ3n) is 2.33. The van der Waals surface area contributed by atoms with E-state index < -0.39 is 0 Å². The maximum Gasteiger partial charge on any atom is 0.133 e. The van der Waals surface area contributed by atoms with Crippen molar-refractivity contribution >= 4 is 45.2 Å². The van der Waals surface area contributed by atoms with Crippen LogP contribution in [0.3, 0.4) is 0 Å². The molecule has 2 nitrogen and oxygen atoms in total. The van der Waals surface area contributed by atoms with E-state index in [1.165, 1.54) is 0 Å². The van der Waals surface area contributed by atoms with E-state index in [9.17, 15) is 5.11 Å². The second-order valence-corrected chi connectivity index (χ2v) is 7.08. The Bertz CT molecular complexity index is 372. The summed E-state index contributed by atoms with van der Waals surface area (Å²) < 4.78 is 1.96.